The number of nitrogens with one attached hydrogen (secondary N) is 2. The molecule has 0 aliphatic heterocycles. The van der Waals surface area contributed by atoms with Crippen molar-refractivity contribution in [3.8, 4) is 11.1 Å². The topological polar surface area (TPSA) is 58.2 Å². The lowest BCUT2D eigenvalue weighted by Crippen LogP contribution is -2.24. The van der Waals surface area contributed by atoms with Crippen LogP contribution in [0.3, 0.4) is 0 Å². The maximum atomic E-state index is 12.9. The Bertz CT molecular complexity index is 1040. The molecule has 0 radical (unpaired) electrons. The minimum Gasteiger partial charge on any atom is -0.356 e. The molecule has 0 heterocycles. The van der Waals surface area contributed by atoms with E-state index in [2.05, 4.69) is 10.6 Å². The van der Waals surface area contributed by atoms with Gasteiger partial charge in [-0.2, -0.15) is 11.8 Å². The molecule has 0 aliphatic rings. The summed E-state index contributed by atoms with van der Waals surface area (Å²) >= 11 is 1.66. The van der Waals surface area contributed by atoms with E-state index in [4.69, 9.17) is 0 Å². The van der Waals surface area contributed by atoms with Crippen LogP contribution in [0.25, 0.3) is 11.1 Å². The first-order valence-electron chi connectivity index (χ1n) is 11.6. The van der Waals surface area contributed by atoms with Gasteiger partial charge in [0, 0.05) is 36.6 Å². The Labute approximate surface area is 205 Å². The standard InChI is InChI=1S/C28H31FN2O2S/c29-25-15-13-22(14-16-25)21-34-19-17-27(32)30-18-6-2-5-12-28(33)31-26-11-7-10-24(20-26)23-8-3-1-4-9-23/h1,3-4,7-11,13-16,20H,2,5-6,12,17-19,21H2,(H,30,32)(H,31,33). The van der Waals surface area contributed by atoms with Crippen LogP contribution in [0.1, 0.15) is 37.7 Å². The Morgan fingerprint density at radius 2 is 1.53 bits per heavy atom. The van der Waals surface area contributed by atoms with Gasteiger partial charge in [0.05, 0.1) is 0 Å². The molecule has 4 nitrogen and oxygen atoms in total. The van der Waals surface area contributed by atoms with Crippen LogP contribution in [0.5, 0.6) is 0 Å². The van der Waals surface area contributed by atoms with E-state index in [9.17, 15) is 14.0 Å². The first kappa shape index (κ1) is 25.5. The molecule has 0 saturated carbocycles. The van der Waals surface area contributed by atoms with Crippen LogP contribution in [0, 0.1) is 5.82 Å². The SMILES string of the molecule is O=C(CCSCc1ccc(F)cc1)NCCCCCC(=O)Nc1cccc(-c2ccccc2)c1. The summed E-state index contributed by atoms with van der Waals surface area (Å²) in [5.41, 5.74) is 4.05. The zero-order valence-electron chi connectivity index (χ0n) is 19.3. The highest BCUT2D eigenvalue weighted by molar-refractivity contribution is 7.98. The lowest BCUT2D eigenvalue weighted by atomic mass is 10.1. The lowest BCUT2D eigenvalue weighted by molar-refractivity contribution is -0.120. The second kappa shape index (κ2) is 14.2. The fourth-order valence-corrected chi connectivity index (χ4v) is 4.37. The predicted molar refractivity (Wildman–Crippen MR) is 139 cm³/mol. The van der Waals surface area contributed by atoms with Crippen LogP contribution < -0.4 is 10.6 Å². The van der Waals surface area contributed by atoms with Crippen LogP contribution in [0.2, 0.25) is 0 Å². The monoisotopic (exact) mass is 478 g/mol. The number of hydrogen-bond acceptors (Lipinski definition) is 3. The van der Waals surface area contributed by atoms with Gasteiger partial charge >= 0.3 is 0 Å². The Hall–Kier alpha value is -3.12. The molecule has 0 atom stereocenters. The smallest absolute Gasteiger partial charge is 0.224 e. The number of rotatable bonds is 13. The molecule has 0 unspecified atom stereocenters. The maximum Gasteiger partial charge on any atom is 0.224 e. The molecule has 0 spiro atoms. The number of carbonyl (C=O) groups excluding carboxylic acids is 2. The Morgan fingerprint density at radius 3 is 2.32 bits per heavy atom. The Morgan fingerprint density at radius 1 is 0.765 bits per heavy atom. The molecule has 178 valence electrons. The summed E-state index contributed by atoms with van der Waals surface area (Å²) in [6.07, 6.45) is 3.45. The molecule has 3 rings (SSSR count). The first-order valence-corrected chi connectivity index (χ1v) is 12.8. The third kappa shape index (κ3) is 9.40. The molecule has 0 saturated heterocycles. The summed E-state index contributed by atoms with van der Waals surface area (Å²) in [7, 11) is 0. The number of halogens is 1. The van der Waals surface area contributed by atoms with E-state index in [1.807, 2.05) is 54.6 Å². The van der Waals surface area contributed by atoms with Gasteiger partial charge in [-0.05, 0) is 53.8 Å². The van der Waals surface area contributed by atoms with Gasteiger partial charge in [0.25, 0.3) is 0 Å². The molecular weight excluding hydrogens is 447 g/mol. The summed E-state index contributed by atoms with van der Waals surface area (Å²) in [6.45, 7) is 0.627. The third-order valence-electron chi connectivity index (χ3n) is 5.31. The van der Waals surface area contributed by atoms with Crippen LogP contribution in [0.4, 0.5) is 10.1 Å². The molecule has 2 N–H and O–H groups in total. The Kier molecular flexibility index (Phi) is 10.7. The maximum absolute atomic E-state index is 12.9. The number of unbranched alkanes of at least 4 members (excludes halogenated alkanes) is 2. The van der Waals surface area contributed by atoms with E-state index in [1.54, 1.807) is 23.9 Å². The molecule has 0 bridgehead atoms. The number of benzene rings is 3. The molecule has 0 fully saturated rings. The quantitative estimate of drug-likeness (QED) is 0.278. The average Bonchev–Trinajstić information content (AvgIpc) is 2.86. The number of hydrogen-bond donors (Lipinski definition) is 2. The van der Waals surface area contributed by atoms with E-state index >= 15 is 0 Å². The van der Waals surface area contributed by atoms with Gasteiger partial charge in [0.2, 0.25) is 11.8 Å². The number of amides is 2. The summed E-state index contributed by atoms with van der Waals surface area (Å²) < 4.78 is 12.9. The van der Waals surface area contributed by atoms with Crippen LogP contribution >= 0.6 is 11.8 Å². The van der Waals surface area contributed by atoms with Gasteiger partial charge in [-0.3, -0.25) is 9.59 Å². The van der Waals surface area contributed by atoms with E-state index < -0.39 is 0 Å². The summed E-state index contributed by atoms with van der Waals surface area (Å²) in [5, 5.41) is 5.91. The molecular formula is C28H31FN2O2S. The normalized spacial score (nSPS) is 10.6. The van der Waals surface area contributed by atoms with Crippen molar-refractivity contribution in [1.29, 1.82) is 0 Å². The Balaban J connectivity index is 1.22. The van der Waals surface area contributed by atoms with Crippen molar-refractivity contribution in [2.45, 2.75) is 37.9 Å². The molecule has 3 aromatic rings. The summed E-state index contributed by atoms with van der Waals surface area (Å²) in [6, 6.07) is 24.4. The predicted octanol–water partition coefficient (Wildman–Crippen LogP) is 6.43. The van der Waals surface area contributed by atoms with Crippen LogP contribution in [-0.4, -0.2) is 24.1 Å². The van der Waals surface area contributed by atoms with Crippen molar-refractivity contribution < 1.29 is 14.0 Å². The summed E-state index contributed by atoms with van der Waals surface area (Å²) in [4.78, 5) is 24.2. The molecule has 2 amide bonds. The van der Waals surface area contributed by atoms with Gasteiger partial charge in [0.1, 0.15) is 5.82 Å². The van der Waals surface area contributed by atoms with Gasteiger partial charge < -0.3 is 10.6 Å². The average molecular weight is 479 g/mol. The fourth-order valence-electron chi connectivity index (χ4n) is 3.47. The van der Waals surface area contributed by atoms with Gasteiger partial charge in [-0.25, -0.2) is 4.39 Å². The molecule has 34 heavy (non-hydrogen) atoms. The minimum absolute atomic E-state index is 0.00688. The van der Waals surface area contributed by atoms with Crippen LogP contribution in [0.15, 0.2) is 78.9 Å². The molecule has 3 aromatic carbocycles. The molecule has 6 heteroatoms. The first-order chi connectivity index (χ1) is 16.6. The number of anilines is 1. The zero-order chi connectivity index (χ0) is 24.0. The highest BCUT2D eigenvalue weighted by atomic mass is 32.2. The summed E-state index contributed by atoms with van der Waals surface area (Å²) in [5.74, 6) is 1.32. The van der Waals surface area contributed by atoms with Gasteiger partial charge in [0.15, 0.2) is 0 Å². The van der Waals surface area contributed by atoms with Gasteiger partial charge in [-0.15, -0.1) is 0 Å². The third-order valence-corrected chi connectivity index (χ3v) is 6.34. The van der Waals surface area contributed by atoms with E-state index in [0.29, 0.717) is 19.4 Å². The highest BCUT2D eigenvalue weighted by Gasteiger charge is 2.05. The van der Waals surface area contributed by atoms with Crippen molar-refractivity contribution in [2.75, 3.05) is 17.6 Å². The van der Waals surface area contributed by atoms with E-state index in [-0.39, 0.29) is 17.6 Å². The second-order valence-electron chi connectivity index (χ2n) is 8.08. The number of thioether (sulfide) groups is 1. The van der Waals surface area contributed by atoms with E-state index in [1.165, 1.54) is 12.1 Å². The van der Waals surface area contributed by atoms with Crippen molar-refractivity contribution in [2.24, 2.45) is 0 Å². The largest absolute Gasteiger partial charge is 0.356 e. The van der Waals surface area contributed by atoms with Crippen molar-refractivity contribution in [3.63, 3.8) is 0 Å². The molecule has 0 aromatic heterocycles. The number of carbonyl (C=O) groups is 2. The van der Waals surface area contributed by atoms with Crippen molar-refractivity contribution >= 4 is 29.3 Å². The van der Waals surface area contributed by atoms with Gasteiger partial charge in [-0.1, -0.05) is 61.0 Å². The lowest BCUT2D eigenvalue weighted by Gasteiger charge is -2.08. The highest BCUT2D eigenvalue weighted by Crippen LogP contribution is 2.22. The second-order valence-corrected chi connectivity index (χ2v) is 9.19. The van der Waals surface area contributed by atoms with Crippen molar-refractivity contribution in [3.05, 3.63) is 90.2 Å². The zero-order valence-corrected chi connectivity index (χ0v) is 20.1. The van der Waals surface area contributed by atoms with E-state index in [0.717, 1.165) is 53.1 Å². The fraction of sp³-hybridized carbons (Fsp3) is 0.286. The molecule has 0 aliphatic carbocycles. The minimum atomic E-state index is -0.234. The van der Waals surface area contributed by atoms with Crippen LogP contribution in [-0.2, 0) is 15.3 Å². The van der Waals surface area contributed by atoms with Crippen molar-refractivity contribution in [1.82, 2.24) is 5.32 Å².